The standard InChI is InChI=1S/C12H14INOS/c1-15-11-7-8(13)3-6-10(11)12(16-2)14-9-4-5-9/h3,6-7,9H,4-5H2,1-2H3. The van der Waals surface area contributed by atoms with Gasteiger partial charge in [-0.2, -0.15) is 0 Å². The first-order valence-corrected chi connectivity index (χ1v) is 7.50. The van der Waals surface area contributed by atoms with Crippen LogP contribution >= 0.6 is 34.4 Å². The topological polar surface area (TPSA) is 21.6 Å². The minimum Gasteiger partial charge on any atom is -0.496 e. The zero-order valence-electron chi connectivity index (χ0n) is 9.37. The molecule has 0 amide bonds. The van der Waals surface area contributed by atoms with E-state index in [9.17, 15) is 0 Å². The average Bonchev–Trinajstić information content (AvgIpc) is 3.10. The molecule has 4 heteroatoms. The van der Waals surface area contributed by atoms with Crippen molar-refractivity contribution < 1.29 is 4.74 Å². The molecule has 0 unspecified atom stereocenters. The molecule has 0 radical (unpaired) electrons. The van der Waals surface area contributed by atoms with Gasteiger partial charge in [0.1, 0.15) is 10.8 Å². The number of ether oxygens (including phenoxy) is 1. The summed E-state index contributed by atoms with van der Waals surface area (Å²) in [6.07, 6.45) is 4.53. The Bertz CT molecular complexity index is 415. The average molecular weight is 347 g/mol. The van der Waals surface area contributed by atoms with E-state index in [2.05, 4.69) is 47.0 Å². The van der Waals surface area contributed by atoms with Crippen molar-refractivity contribution >= 4 is 39.4 Å². The second-order valence-electron chi connectivity index (χ2n) is 3.71. The lowest BCUT2D eigenvalue weighted by Crippen LogP contribution is -2.01. The number of nitrogens with zero attached hydrogens (tertiary/aromatic N) is 1. The summed E-state index contributed by atoms with van der Waals surface area (Å²) >= 11 is 3.99. The first-order chi connectivity index (χ1) is 7.74. The Morgan fingerprint density at radius 3 is 2.81 bits per heavy atom. The third-order valence-corrected chi connectivity index (χ3v) is 3.82. The lowest BCUT2D eigenvalue weighted by molar-refractivity contribution is 0.414. The lowest BCUT2D eigenvalue weighted by atomic mass is 10.2. The fourth-order valence-corrected chi connectivity index (χ4v) is 2.55. The zero-order chi connectivity index (χ0) is 11.5. The van der Waals surface area contributed by atoms with Gasteiger partial charge >= 0.3 is 0 Å². The molecule has 0 aliphatic heterocycles. The van der Waals surface area contributed by atoms with Gasteiger partial charge in [0.15, 0.2) is 0 Å². The molecular weight excluding hydrogens is 333 g/mol. The van der Waals surface area contributed by atoms with Gasteiger partial charge in [0.25, 0.3) is 0 Å². The molecule has 1 fully saturated rings. The maximum Gasteiger partial charge on any atom is 0.129 e. The van der Waals surface area contributed by atoms with E-state index in [1.807, 2.05) is 0 Å². The van der Waals surface area contributed by atoms with Gasteiger partial charge in [0.2, 0.25) is 0 Å². The fraction of sp³-hybridized carbons (Fsp3) is 0.417. The van der Waals surface area contributed by atoms with Crippen LogP contribution in [-0.2, 0) is 0 Å². The highest BCUT2D eigenvalue weighted by atomic mass is 127. The minimum absolute atomic E-state index is 0.548. The normalized spacial score (nSPS) is 16.3. The fourth-order valence-electron chi connectivity index (χ4n) is 1.44. The summed E-state index contributed by atoms with van der Waals surface area (Å²) in [6.45, 7) is 0. The van der Waals surface area contributed by atoms with Crippen molar-refractivity contribution in [1.82, 2.24) is 0 Å². The summed E-state index contributed by atoms with van der Waals surface area (Å²) in [6, 6.07) is 6.79. The summed E-state index contributed by atoms with van der Waals surface area (Å²) in [4.78, 5) is 4.71. The van der Waals surface area contributed by atoms with Gasteiger partial charge in [0.05, 0.1) is 13.2 Å². The van der Waals surface area contributed by atoms with Gasteiger partial charge in [-0.1, -0.05) is 0 Å². The first kappa shape index (κ1) is 12.2. The molecule has 1 aromatic rings. The predicted molar refractivity (Wildman–Crippen MR) is 78.8 cm³/mol. The van der Waals surface area contributed by atoms with E-state index in [0.717, 1.165) is 16.4 Å². The summed E-state index contributed by atoms with van der Waals surface area (Å²) in [7, 11) is 1.71. The molecule has 16 heavy (non-hydrogen) atoms. The number of hydrogen-bond donors (Lipinski definition) is 0. The summed E-state index contributed by atoms with van der Waals surface area (Å²) < 4.78 is 6.60. The van der Waals surface area contributed by atoms with Crippen molar-refractivity contribution in [3.8, 4) is 5.75 Å². The Hall–Kier alpha value is -0.230. The van der Waals surface area contributed by atoms with Crippen LogP contribution < -0.4 is 4.74 Å². The Kier molecular flexibility index (Phi) is 4.13. The van der Waals surface area contributed by atoms with Gasteiger partial charge in [-0.25, -0.2) is 0 Å². The number of hydrogen-bond acceptors (Lipinski definition) is 3. The molecule has 2 rings (SSSR count). The second-order valence-corrected chi connectivity index (χ2v) is 5.75. The SMILES string of the molecule is COc1cc(I)ccc1C(=NC1CC1)SC. The van der Waals surface area contributed by atoms with Gasteiger partial charge in [-0.15, -0.1) is 11.8 Å². The maximum absolute atomic E-state index is 5.41. The molecule has 0 N–H and O–H groups in total. The van der Waals surface area contributed by atoms with Gasteiger partial charge < -0.3 is 4.74 Å². The lowest BCUT2D eigenvalue weighted by Gasteiger charge is -2.09. The van der Waals surface area contributed by atoms with Crippen molar-refractivity contribution in [3.63, 3.8) is 0 Å². The van der Waals surface area contributed by atoms with Crippen LogP contribution in [-0.4, -0.2) is 24.5 Å². The minimum atomic E-state index is 0.548. The van der Waals surface area contributed by atoms with Crippen molar-refractivity contribution in [2.75, 3.05) is 13.4 Å². The van der Waals surface area contributed by atoms with Crippen molar-refractivity contribution in [2.24, 2.45) is 4.99 Å². The number of rotatable bonds is 3. The molecule has 0 heterocycles. The molecule has 0 spiro atoms. The van der Waals surface area contributed by atoms with Crippen molar-refractivity contribution in [3.05, 3.63) is 27.3 Å². The highest BCUT2D eigenvalue weighted by Gasteiger charge is 2.22. The molecule has 2 nitrogen and oxygen atoms in total. The zero-order valence-corrected chi connectivity index (χ0v) is 12.3. The van der Waals surface area contributed by atoms with E-state index in [4.69, 9.17) is 9.73 Å². The predicted octanol–water partition coefficient (Wildman–Crippen LogP) is 3.57. The summed E-state index contributed by atoms with van der Waals surface area (Å²) in [5, 5.41) is 1.09. The molecule has 0 aromatic heterocycles. The molecule has 0 atom stereocenters. The molecule has 86 valence electrons. The van der Waals surface area contributed by atoms with E-state index < -0.39 is 0 Å². The van der Waals surface area contributed by atoms with Gasteiger partial charge in [0, 0.05) is 9.13 Å². The van der Waals surface area contributed by atoms with Crippen LogP contribution in [0.3, 0.4) is 0 Å². The third-order valence-electron chi connectivity index (χ3n) is 2.43. The van der Waals surface area contributed by atoms with E-state index in [1.54, 1.807) is 18.9 Å². The van der Waals surface area contributed by atoms with Gasteiger partial charge in [-0.05, 0) is 59.9 Å². The molecule has 1 aromatic carbocycles. The monoisotopic (exact) mass is 347 g/mol. The molecule has 0 saturated heterocycles. The molecule has 1 saturated carbocycles. The number of thioether (sulfide) groups is 1. The highest BCUT2D eigenvalue weighted by molar-refractivity contribution is 14.1. The highest BCUT2D eigenvalue weighted by Crippen LogP contribution is 2.30. The molecule has 1 aliphatic carbocycles. The summed E-state index contributed by atoms with van der Waals surface area (Å²) in [5.41, 5.74) is 1.11. The Labute approximate surface area is 114 Å². The van der Waals surface area contributed by atoms with E-state index >= 15 is 0 Å². The number of halogens is 1. The molecular formula is C12H14INOS. The van der Waals surface area contributed by atoms with E-state index in [-0.39, 0.29) is 0 Å². The number of aliphatic imine (C=N–C) groups is 1. The molecule has 0 bridgehead atoms. The second kappa shape index (κ2) is 5.40. The van der Waals surface area contributed by atoms with Gasteiger partial charge in [-0.3, -0.25) is 4.99 Å². The van der Waals surface area contributed by atoms with Crippen LogP contribution in [0.1, 0.15) is 18.4 Å². The van der Waals surface area contributed by atoms with Crippen LogP contribution in [0.5, 0.6) is 5.75 Å². The van der Waals surface area contributed by atoms with Crippen molar-refractivity contribution in [1.29, 1.82) is 0 Å². The number of benzene rings is 1. The Balaban J connectivity index is 2.36. The Morgan fingerprint density at radius 2 is 2.25 bits per heavy atom. The first-order valence-electron chi connectivity index (χ1n) is 5.20. The molecule has 1 aliphatic rings. The van der Waals surface area contributed by atoms with Crippen LogP contribution in [0.15, 0.2) is 23.2 Å². The van der Waals surface area contributed by atoms with E-state index in [0.29, 0.717) is 6.04 Å². The number of methoxy groups -OCH3 is 1. The van der Waals surface area contributed by atoms with Crippen LogP contribution in [0.25, 0.3) is 0 Å². The third kappa shape index (κ3) is 2.91. The van der Waals surface area contributed by atoms with Crippen LogP contribution in [0, 0.1) is 3.57 Å². The van der Waals surface area contributed by atoms with Crippen LogP contribution in [0.2, 0.25) is 0 Å². The maximum atomic E-state index is 5.41. The Morgan fingerprint density at radius 1 is 1.50 bits per heavy atom. The van der Waals surface area contributed by atoms with E-state index in [1.165, 1.54) is 16.4 Å². The quantitative estimate of drug-likeness (QED) is 0.474. The largest absolute Gasteiger partial charge is 0.496 e. The smallest absolute Gasteiger partial charge is 0.129 e. The van der Waals surface area contributed by atoms with Crippen molar-refractivity contribution in [2.45, 2.75) is 18.9 Å². The van der Waals surface area contributed by atoms with Crippen LogP contribution in [0.4, 0.5) is 0 Å². The summed E-state index contributed by atoms with van der Waals surface area (Å²) in [5.74, 6) is 0.917.